The largest absolute Gasteiger partial charge is 0.324 e. The second-order valence-corrected chi connectivity index (χ2v) is 7.27. The van der Waals surface area contributed by atoms with Crippen molar-refractivity contribution in [2.24, 2.45) is 0 Å². The van der Waals surface area contributed by atoms with Crippen LogP contribution in [0.15, 0.2) is 54.9 Å². The lowest BCUT2D eigenvalue weighted by Crippen LogP contribution is -2.16. The number of hydrogen-bond donors (Lipinski definition) is 2. The van der Waals surface area contributed by atoms with Crippen LogP contribution in [0.2, 0.25) is 0 Å². The van der Waals surface area contributed by atoms with Gasteiger partial charge in [0.2, 0.25) is 5.95 Å². The summed E-state index contributed by atoms with van der Waals surface area (Å²) in [4.78, 5) is 20.5. The fraction of sp³-hybridized carbons (Fsp3) is 0.190. The zero-order valence-electron chi connectivity index (χ0n) is 15.8. The molecule has 0 aliphatic rings. The predicted octanol–water partition coefficient (Wildman–Crippen LogP) is 5.05. The van der Waals surface area contributed by atoms with Gasteiger partial charge in [-0.1, -0.05) is 45.0 Å². The van der Waals surface area contributed by atoms with Crippen molar-refractivity contribution in [1.82, 2.24) is 9.97 Å². The van der Waals surface area contributed by atoms with Crippen LogP contribution in [0.5, 0.6) is 0 Å². The van der Waals surface area contributed by atoms with Gasteiger partial charge in [0.05, 0.1) is 5.56 Å². The highest BCUT2D eigenvalue weighted by Gasteiger charge is 2.18. The zero-order chi connectivity index (χ0) is 20.3. The van der Waals surface area contributed by atoms with Gasteiger partial charge in [-0.15, -0.1) is 0 Å². The molecule has 3 aromatic rings. The van der Waals surface area contributed by atoms with Crippen LogP contribution in [0, 0.1) is 11.6 Å². The van der Waals surface area contributed by atoms with Crippen molar-refractivity contribution in [2.75, 3.05) is 10.6 Å². The van der Waals surface area contributed by atoms with E-state index in [9.17, 15) is 13.6 Å². The number of carbonyl (C=O) groups is 1. The molecule has 2 N–H and O–H groups in total. The molecule has 0 unspecified atom stereocenters. The SMILES string of the molecule is CC(C)(C)c1ccccc1Nc1ncc(C(=O)Nc2c(F)cccc2F)cn1. The number of aromatic nitrogens is 2. The molecule has 0 saturated carbocycles. The molecule has 1 amide bonds. The summed E-state index contributed by atoms with van der Waals surface area (Å²) in [6.07, 6.45) is 2.59. The molecule has 1 heterocycles. The minimum atomic E-state index is -0.855. The summed E-state index contributed by atoms with van der Waals surface area (Å²) in [5, 5.41) is 5.34. The highest BCUT2D eigenvalue weighted by molar-refractivity contribution is 6.04. The van der Waals surface area contributed by atoms with Gasteiger partial charge in [-0.3, -0.25) is 4.79 Å². The Morgan fingerprint density at radius 1 is 0.929 bits per heavy atom. The molecule has 3 rings (SSSR count). The van der Waals surface area contributed by atoms with Crippen LogP contribution in [-0.4, -0.2) is 15.9 Å². The van der Waals surface area contributed by atoms with E-state index in [-0.39, 0.29) is 11.0 Å². The van der Waals surface area contributed by atoms with Crippen molar-refractivity contribution >= 4 is 23.2 Å². The van der Waals surface area contributed by atoms with Crippen molar-refractivity contribution in [2.45, 2.75) is 26.2 Å². The quantitative estimate of drug-likeness (QED) is 0.663. The van der Waals surface area contributed by atoms with Crippen molar-refractivity contribution in [3.63, 3.8) is 0 Å². The fourth-order valence-electron chi connectivity index (χ4n) is 2.68. The van der Waals surface area contributed by atoms with Crippen LogP contribution < -0.4 is 10.6 Å². The van der Waals surface area contributed by atoms with E-state index in [1.165, 1.54) is 18.5 Å². The average molecular weight is 382 g/mol. The molecule has 5 nitrogen and oxygen atoms in total. The van der Waals surface area contributed by atoms with Gasteiger partial charge in [0.1, 0.15) is 17.3 Å². The third kappa shape index (κ3) is 4.31. The van der Waals surface area contributed by atoms with E-state index >= 15 is 0 Å². The van der Waals surface area contributed by atoms with Crippen LogP contribution >= 0.6 is 0 Å². The molecule has 0 bridgehead atoms. The molecule has 7 heteroatoms. The molecule has 2 aromatic carbocycles. The molecule has 144 valence electrons. The Bertz CT molecular complexity index is 978. The molecule has 1 aromatic heterocycles. The fourth-order valence-corrected chi connectivity index (χ4v) is 2.68. The van der Waals surface area contributed by atoms with Gasteiger partial charge >= 0.3 is 0 Å². The van der Waals surface area contributed by atoms with E-state index in [2.05, 4.69) is 41.4 Å². The summed E-state index contributed by atoms with van der Waals surface area (Å²) in [5.74, 6) is -2.10. The Labute approximate surface area is 161 Å². The van der Waals surface area contributed by atoms with E-state index in [1.807, 2.05) is 24.3 Å². The van der Waals surface area contributed by atoms with Gasteiger partial charge in [-0.25, -0.2) is 18.7 Å². The number of nitrogens with zero attached hydrogens (tertiary/aromatic N) is 2. The Morgan fingerprint density at radius 2 is 1.54 bits per heavy atom. The summed E-state index contributed by atoms with van der Waals surface area (Å²) < 4.78 is 27.3. The summed E-state index contributed by atoms with van der Waals surface area (Å²) in [6.45, 7) is 6.30. The Balaban J connectivity index is 1.77. The second-order valence-electron chi connectivity index (χ2n) is 7.27. The first-order valence-corrected chi connectivity index (χ1v) is 8.69. The lowest BCUT2D eigenvalue weighted by atomic mass is 9.86. The third-order valence-electron chi connectivity index (χ3n) is 4.10. The predicted molar refractivity (Wildman–Crippen MR) is 105 cm³/mol. The molecule has 0 aliphatic heterocycles. The number of carbonyl (C=O) groups excluding carboxylic acids is 1. The maximum atomic E-state index is 13.7. The van der Waals surface area contributed by atoms with Crippen LogP contribution in [0.1, 0.15) is 36.7 Å². The van der Waals surface area contributed by atoms with Gasteiger partial charge in [0.15, 0.2) is 0 Å². The molecule has 0 atom stereocenters. The zero-order valence-corrected chi connectivity index (χ0v) is 15.8. The van der Waals surface area contributed by atoms with Crippen LogP contribution in [-0.2, 0) is 5.41 Å². The lowest BCUT2D eigenvalue weighted by molar-refractivity contribution is 0.102. The molecule has 0 radical (unpaired) electrons. The van der Waals surface area contributed by atoms with E-state index in [1.54, 1.807) is 0 Å². The van der Waals surface area contributed by atoms with E-state index in [0.717, 1.165) is 23.4 Å². The number of amides is 1. The molecule has 28 heavy (non-hydrogen) atoms. The minimum absolute atomic E-state index is 0.0761. The van der Waals surface area contributed by atoms with E-state index < -0.39 is 23.2 Å². The van der Waals surface area contributed by atoms with Gasteiger partial charge < -0.3 is 10.6 Å². The Morgan fingerprint density at radius 3 is 2.14 bits per heavy atom. The maximum absolute atomic E-state index is 13.7. The minimum Gasteiger partial charge on any atom is -0.324 e. The molecule has 0 saturated heterocycles. The van der Waals surface area contributed by atoms with Gasteiger partial charge in [-0.05, 0) is 29.2 Å². The van der Waals surface area contributed by atoms with Crippen molar-refractivity contribution < 1.29 is 13.6 Å². The number of para-hydroxylation sites is 2. The van der Waals surface area contributed by atoms with Gasteiger partial charge in [0.25, 0.3) is 5.91 Å². The standard InChI is InChI=1S/C21H20F2N4O/c1-21(2,3)14-7-4-5-10-17(14)26-20-24-11-13(12-25-20)19(28)27-18-15(22)8-6-9-16(18)23/h4-12H,1-3H3,(H,27,28)(H,24,25,26). The summed E-state index contributed by atoms with van der Waals surface area (Å²) >= 11 is 0. The highest BCUT2D eigenvalue weighted by atomic mass is 19.1. The van der Waals surface area contributed by atoms with Crippen LogP contribution in [0.3, 0.4) is 0 Å². The Hall–Kier alpha value is -3.35. The number of halogens is 2. The number of nitrogens with one attached hydrogen (secondary N) is 2. The first-order valence-electron chi connectivity index (χ1n) is 8.69. The smallest absolute Gasteiger partial charge is 0.258 e. The molecule has 0 fully saturated rings. The normalized spacial score (nSPS) is 11.2. The molecular formula is C21H20F2N4O. The lowest BCUT2D eigenvalue weighted by Gasteiger charge is -2.22. The number of benzene rings is 2. The second kappa shape index (κ2) is 7.72. The van der Waals surface area contributed by atoms with E-state index in [0.29, 0.717) is 5.95 Å². The number of hydrogen-bond acceptors (Lipinski definition) is 4. The summed E-state index contributed by atoms with van der Waals surface area (Å²) in [7, 11) is 0. The first kappa shape index (κ1) is 19.4. The molecule has 0 aliphatic carbocycles. The van der Waals surface area contributed by atoms with Gasteiger partial charge in [-0.2, -0.15) is 0 Å². The maximum Gasteiger partial charge on any atom is 0.258 e. The Kier molecular flexibility index (Phi) is 5.35. The third-order valence-corrected chi connectivity index (χ3v) is 4.10. The highest BCUT2D eigenvalue weighted by Crippen LogP contribution is 2.30. The van der Waals surface area contributed by atoms with Gasteiger partial charge in [0, 0.05) is 18.1 Å². The van der Waals surface area contributed by atoms with Crippen molar-refractivity contribution in [1.29, 1.82) is 0 Å². The number of anilines is 3. The number of rotatable bonds is 4. The molecular weight excluding hydrogens is 362 g/mol. The van der Waals surface area contributed by atoms with Crippen LogP contribution in [0.4, 0.5) is 26.1 Å². The van der Waals surface area contributed by atoms with E-state index in [4.69, 9.17) is 0 Å². The van der Waals surface area contributed by atoms with Crippen molar-refractivity contribution in [3.8, 4) is 0 Å². The first-order chi connectivity index (χ1) is 13.3. The average Bonchev–Trinajstić information content (AvgIpc) is 2.65. The summed E-state index contributed by atoms with van der Waals surface area (Å²) in [5.41, 5.74) is 1.45. The van der Waals surface area contributed by atoms with Crippen molar-refractivity contribution in [3.05, 3.63) is 77.6 Å². The summed E-state index contributed by atoms with van der Waals surface area (Å²) in [6, 6.07) is 11.2. The topological polar surface area (TPSA) is 66.9 Å². The van der Waals surface area contributed by atoms with Crippen LogP contribution in [0.25, 0.3) is 0 Å². The molecule has 0 spiro atoms. The monoisotopic (exact) mass is 382 g/mol.